The number of esters is 1. The summed E-state index contributed by atoms with van der Waals surface area (Å²) in [4.78, 5) is 28.4. The summed E-state index contributed by atoms with van der Waals surface area (Å²) in [5.74, 6) is -1.28. The molecule has 1 N–H and O–H groups in total. The second-order valence-electron chi connectivity index (χ2n) is 5.86. The van der Waals surface area contributed by atoms with Crippen LogP contribution in [0.1, 0.15) is 27.7 Å². The Bertz CT molecular complexity index is 926. The van der Waals surface area contributed by atoms with Gasteiger partial charge < -0.3 is 10.1 Å². The Hall–Kier alpha value is -2.89. The van der Waals surface area contributed by atoms with E-state index in [0.717, 1.165) is 11.1 Å². The second kappa shape index (κ2) is 9.35. The molecule has 1 amide bonds. The van der Waals surface area contributed by atoms with Crippen LogP contribution in [-0.2, 0) is 9.53 Å². The van der Waals surface area contributed by atoms with Crippen LogP contribution in [0.15, 0.2) is 72.8 Å². The number of benzene rings is 2. The van der Waals surface area contributed by atoms with Gasteiger partial charge in [0.2, 0.25) is 0 Å². The van der Waals surface area contributed by atoms with Crippen molar-refractivity contribution in [2.45, 2.75) is 6.04 Å². The van der Waals surface area contributed by atoms with E-state index in [9.17, 15) is 9.59 Å². The number of carbonyl (C=O) groups is 2. The first-order valence-electron chi connectivity index (χ1n) is 8.43. The van der Waals surface area contributed by atoms with E-state index in [1.807, 2.05) is 60.7 Å². The number of hydrogen-bond donors (Lipinski definition) is 1. The highest BCUT2D eigenvalue weighted by atomic mass is 35.5. The van der Waals surface area contributed by atoms with Gasteiger partial charge >= 0.3 is 5.97 Å². The smallest absolute Gasteiger partial charge is 0.359 e. The number of pyridine rings is 1. The molecular weight excluding hydrogens is 399 g/mol. The molecule has 0 saturated heterocycles. The monoisotopic (exact) mass is 414 g/mol. The van der Waals surface area contributed by atoms with Gasteiger partial charge in [0.1, 0.15) is 5.15 Å². The number of halogens is 2. The number of nitrogens with zero attached hydrogens (tertiary/aromatic N) is 1. The molecule has 0 saturated carbocycles. The SMILES string of the molecule is O=C(COC(=O)c1nc(Cl)ccc1Cl)NC(c1ccccc1)c1ccccc1. The number of rotatable bonds is 6. The minimum atomic E-state index is -0.821. The fraction of sp³-hybridized carbons (Fsp3) is 0.0952. The Morgan fingerprint density at radius 3 is 2.04 bits per heavy atom. The first-order valence-corrected chi connectivity index (χ1v) is 9.18. The summed E-state index contributed by atoms with van der Waals surface area (Å²) in [6, 6.07) is 21.6. The van der Waals surface area contributed by atoms with Crippen LogP contribution >= 0.6 is 23.2 Å². The van der Waals surface area contributed by atoms with Crippen molar-refractivity contribution in [3.63, 3.8) is 0 Å². The molecule has 0 aliphatic rings. The van der Waals surface area contributed by atoms with Crippen molar-refractivity contribution in [1.29, 1.82) is 0 Å². The van der Waals surface area contributed by atoms with E-state index >= 15 is 0 Å². The number of hydrogen-bond acceptors (Lipinski definition) is 4. The Morgan fingerprint density at radius 1 is 0.893 bits per heavy atom. The van der Waals surface area contributed by atoms with Crippen LogP contribution in [0.5, 0.6) is 0 Å². The van der Waals surface area contributed by atoms with Crippen LogP contribution in [-0.4, -0.2) is 23.5 Å². The third-order valence-electron chi connectivity index (χ3n) is 3.91. The van der Waals surface area contributed by atoms with Crippen molar-refractivity contribution in [3.8, 4) is 0 Å². The molecule has 0 unspecified atom stereocenters. The predicted octanol–water partition coefficient (Wildman–Crippen LogP) is 4.45. The lowest BCUT2D eigenvalue weighted by Crippen LogP contribution is -2.33. The summed E-state index contributed by atoms with van der Waals surface area (Å²) in [5, 5.41) is 3.09. The fourth-order valence-corrected chi connectivity index (χ4v) is 2.94. The third-order valence-corrected chi connectivity index (χ3v) is 4.43. The van der Waals surface area contributed by atoms with Crippen molar-refractivity contribution in [2.24, 2.45) is 0 Å². The topological polar surface area (TPSA) is 68.3 Å². The molecule has 1 heterocycles. The van der Waals surface area contributed by atoms with Gasteiger partial charge in [0.05, 0.1) is 11.1 Å². The van der Waals surface area contributed by atoms with Crippen molar-refractivity contribution in [3.05, 3.63) is 99.8 Å². The van der Waals surface area contributed by atoms with Crippen LogP contribution in [0, 0.1) is 0 Å². The van der Waals surface area contributed by atoms with E-state index < -0.39 is 18.5 Å². The lowest BCUT2D eigenvalue weighted by molar-refractivity contribution is -0.124. The molecule has 28 heavy (non-hydrogen) atoms. The summed E-state index contributed by atoms with van der Waals surface area (Å²) in [6.07, 6.45) is 0. The molecule has 0 bridgehead atoms. The van der Waals surface area contributed by atoms with Gasteiger partial charge in [-0.15, -0.1) is 0 Å². The van der Waals surface area contributed by atoms with Crippen LogP contribution in [0.3, 0.4) is 0 Å². The maximum atomic E-state index is 12.4. The van der Waals surface area contributed by atoms with Gasteiger partial charge in [0.15, 0.2) is 12.3 Å². The zero-order chi connectivity index (χ0) is 19.9. The summed E-state index contributed by atoms with van der Waals surface area (Å²) in [7, 11) is 0. The molecule has 0 radical (unpaired) electrons. The van der Waals surface area contributed by atoms with Crippen molar-refractivity contribution in [1.82, 2.24) is 10.3 Å². The van der Waals surface area contributed by atoms with E-state index in [2.05, 4.69) is 10.3 Å². The molecule has 3 rings (SSSR count). The van der Waals surface area contributed by atoms with Crippen LogP contribution in [0.4, 0.5) is 0 Å². The first kappa shape index (κ1) is 19.9. The molecule has 7 heteroatoms. The molecule has 0 atom stereocenters. The number of aromatic nitrogens is 1. The Kier molecular flexibility index (Phi) is 6.63. The lowest BCUT2D eigenvalue weighted by Gasteiger charge is -2.20. The van der Waals surface area contributed by atoms with Crippen molar-refractivity contribution < 1.29 is 14.3 Å². The molecule has 0 aliphatic heterocycles. The highest BCUT2D eigenvalue weighted by Gasteiger charge is 2.19. The van der Waals surface area contributed by atoms with Gasteiger partial charge in [0, 0.05) is 0 Å². The van der Waals surface area contributed by atoms with E-state index in [0.29, 0.717) is 0 Å². The highest BCUT2D eigenvalue weighted by molar-refractivity contribution is 6.34. The van der Waals surface area contributed by atoms with Gasteiger partial charge in [-0.3, -0.25) is 4.79 Å². The summed E-state index contributed by atoms with van der Waals surface area (Å²) in [6.45, 7) is -0.473. The van der Waals surface area contributed by atoms with Gasteiger partial charge in [-0.2, -0.15) is 0 Å². The molecule has 5 nitrogen and oxygen atoms in total. The lowest BCUT2D eigenvalue weighted by atomic mass is 9.99. The van der Waals surface area contributed by atoms with E-state index in [-0.39, 0.29) is 21.9 Å². The normalized spacial score (nSPS) is 10.5. The summed E-state index contributed by atoms with van der Waals surface area (Å²) >= 11 is 11.7. The zero-order valence-electron chi connectivity index (χ0n) is 14.6. The maximum Gasteiger partial charge on any atom is 0.359 e. The van der Waals surface area contributed by atoms with Gasteiger partial charge in [-0.05, 0) is 23.3 Å². The average molecular weight is 415 g/mol. The average Bonchev–Trinajstić information content (AvgIpc) is 2.73. The van der Waals surface area contributed by atoms with E-state index in [1.165, 1.54) is 12.1 Å². The number of carbonyl (C=O) groups excluding carboxylic acids is 2. The highest BCUT2D eigenvalue weighted by Crippen LogP contribution is 2.22. The first-order chi connectivity index (χ1) is 13.5. The minimum absolute atomic E-state index is 0.0984. The molecule has 1 aromatic heterocycles. The molecular formula is C21H16Cl2N2O3. The van der Waals surface area contributed by atoms with Crippen LogP contribution in [0.25, 0.3) is 0 Å². The summed E-state index contributed by atoms with van der Waals surface area (Å²) < 4.78 is 5.04. The zero-order valence-corrected chi connectivity index (χ0v) is 16.2. The van der Waals surface area contributed by atoms with Gasteiger partial charge in [-0.1, -0.05) is 83.9 Å². The number of nitrogens with one attached hydrogen (secondary N) is 1. The maximum absolute atomic E-state index is 12.4. The van der Waals surface area contributed by atoms with Gasteiger partial charge in [0.25, 0.3) is 5.91 Å². The second-order valence-corrected chi connectivity index (χ2v) is 6.66. The Labute approximate surface area is 172 Å². The van der Waals surface area contributed by atoms with Crippen LogP contribution in [0.2, 0.25) is 10.2 Å². The summed E-state index contributed by atoms with van der Waals surface area (Å²) in [5.41, 5.74) is 1.69. The molecule has 0 fully saturated rings. The molecule has 0 spiro atoms. The number of amides is 1. The van der Waals surface area contributed by atoms with E-state index in [1.54, 1.807) is 0 Å². The predicted molar refractivity (Wildman–Crippen MR) is 107 cm³/mol. The molecule has 0 aliphatic carbocycles. The largest absolute Gasteiger partial charge is 0.451 e. The van der Waals surface area contributed by atoms with Gasteiger partial charge in [-0.25, -0.2) is 9.78 Å². The van der Waals surface area contributed by atoms with Crippen LogP contribution < -0.4 is 5.32 Å². The Morgan fingerprint density at radius 2 is 1.46 bits per heavy atom. The standard InChI is InChI=1S/C21H16Cl2N2O3/c22-16-11-12-17(23)24-20(16)21(27)28-13-18(26)25-19(14-7-3-1-4-8-14)15-9-5-2-6-10-15/h1-12,19H,13H2,(H,25,26). The molecule has 2 aromatic carbocycles. The minimum Gasteiger partial charge on any atom is -0.451 e. The quantitative estimate of drug-likeness (QED) is 0.477. The van der Waals surface area contributed by atoms with E-state index in [4.69, 9.17) is 27.9 Å². The van der Waals surface area contributed by atoms with Crippen molar-refractivity contribution in [2.75, 3.05) is 6.61 Å². The molecule has 3 aromatic rings. The number of ether oxygens (including phenoxy) is 1. The van der Waals surface area contributed by atoms with Crippen molar-refractivity contribution >= 4 is 35.1 Å². The molecule has 142 valence electrons. The fourth-order valence-electron chi connectivity index (χ4n) is 2.61. The third kappa shape index (κ3) is 5.09. The Balaban J connectivity index is 1.69.